The van der Waals surface area contributed by atoms with Gasteiger partial charge in [0.05, 0.1) is 39.5 Å². The predicted octanol–water partition coefficient (Wildman–Crippen LogP) is 6.45. The van der Waals surface area contributed by atoms with Crippen molar-refractivity contribution in [1.29, 1.82) is 0 Å². The lowest BCUT2D eigenvalue weighted by Crippen LogP contribution is -2.56. The number of nitrogens with zero attached hydrogens (tertiary/aromatic N) is 3. The fraction of sp³-hybridized carbons (Fsp3) is 0.423. The van der Waals surface area contributed by atoms with Crippen LogP contribution in [0.15, 0.2) is 18.2 Å². The van der Waals surface area contributed by atoms with Gasteiger partial charge in [-0.2, -0.15) is 0 Å². The van der Waals surface area contributed by atoms with Crippen LogP contribution in [0.25, 0.3) is 21.3 Å². The molecule has 0 spiro atoms. The summed E-state index contributed by atoms with van der Waals surface area (Å²) in [5.41, 5.74) is 2.26. The number of piperazine rings is 1. The fourth-order valence-electron chi connectivity index (χ4n) is 4.82. The van der Waals surface area contributed by atoms with Gasteiger partial charge < -0.3 is 19.5 Å². The van der Waals surface area contributed by atoms with Gasteiger partial charge in [0.15, 0.2) is 5.13 Å². The second-order valence-corrected chi connectivity index (χ2v) is 12.3. The number of benzene rings is 2. The van der Waals surface area contributed by atoms with Crippen LogP contribution in [0, 0.1) is 5.82 Å². The molecule has 1 aromatic heterocycles. The van der Waals surface area contributed by atoms with Gasteiger partial charge in [-0.1, -0.05) is 34.5 Å². The number of carbonyl (C=O) groups is 2. The Morgan fingerprint density at radius 3 is 2.77 bits per heavy atom. The first-order chi connectivity index (χ1) is 18.4. The Bertz CT molecular complexity index is 1460. The Morgan fingerprint density at radius 1 is 1.28 bits per heavy atom. The van der Waals surface area contributed by atoms with Crippen molar-refractivity contribution in [3.8, 4) is 11.1 Å². The summed E-state index contributed by atoms with van der Waals surface area (Å²) in [6.45, 7) is 7.65. The van der Waals surface area contributed by atoms with Crippen molar-refractivity contribution in [2.75, 3.05) is 31.6 Å². The van der Waals surface area contributed by atoms with Gasteiger partial charge in [-0.05, 0) is 44.5 Å². The Morgan fingerprint density at radius 2 is 2.05 bits per heavy atom. The van der Waals surface area contributed by atoms with Crippen molar-refractivity contribution in [2.24, 2.45) is 0 Å². The number of thiazole rings is 1. The molecule has 1 saturated heterocycles. The van der Waals surface area contributed by atoms with Crippen LogP contribution in [0.2, 0.25) is 10.0 Å². The number of carbonyl (C=O) groups excluding carboxylic acids is 1. The summed E-state index contributed by atoms with van der Waals surface area (Å²) in [6, 6.07) is 4.63. The van der Waals surface area contributed by atoms with Crippen molar-refractivity contribution in [2.45, 2.75) is 45.6 Å². The zero-order valence-electron chi connectivity index (χ0n) is 21.5. The van der Waals surface area contributed by atoms with Crippen molar-refractivity contribution >= 4 is 62.1 Å². The number of halogens is 3. The standard InChI is InChI=1S/C26H27Cl2FN4O5S/c1-26(2,3)38-24(34)31-23-30-21-15(4-5-18(29)22(21)39-23)19-17(27)8-13-9-32-6-7-33(25(35)36)10-14(32)11-37-12-16(13)20(19)28/h4-5,8,14H,6-7,9-12H2,1-3H3,(H,35,36)(H,30,31,34)/t14-/m1/s1. The summed E-state index contributed by atoms with van der Waals surface area (Å²) >= 11 is 14.7. The molecule has 13 heteroatoms. The van der Waals surface area contributed by atoms with E-state index in [0.29, 0.717) is 59.5 Å². The zero-order chi connectivity index (χ0) is 28.1. The topological polar surface area (TPSA) is 104 Å². The smallest absolute Gasteiger partial charge is 0.413 e. The molecule has 2 aliphatic rings. The van der Waals surface area contributed by atoms with E-state index in [2.05, 4.69) is 15.2 Å². The Balaban J connectivity index is 1.50. The molecule has 9 nitrogen and oxygen atoms in total. The van der Waals surface area contributed by atoms with Crippen LogP contribution in [0.4, 0.5) is 19.1 Å². The molecule has 2 amide bonds. The molecule has 0 saturated carbocycles. The molecule has 3 aromatic rings. The zero-order valence-corrected chi connectivity index (χ0v) is 23.8. The number of amides is 2. The molecule has 0 radical (unpaired) electrons. The van der Waals surface area contributed by atoms with E-state index in [0.717, 1.165) is 22.5 Å². The van der Waals surface area contributed by atoms with Gasteiger partial charge in [0.2, 0.25) is 0 Å². The first kappa shape index (κ1) is 27.9. The van der Waals surface area contributed by atoms with Gasteiger partial charge in [-0.25, -0.2) is 19.0 Å². The number of anilines is 1. The fourth-order valence-corrected chi connectivity index (χ4v) is 6.46. The quantitative estimate of drug-likeness (QED) is 0.350. The summed E-state index contributed by atoms with van der Waals surface area (Å²) in [5, 5.41) is 12.9. The van der Waals surface area contributed by atoms with Gasteiger partial charge in [0, 0.05) is 42.9 Å². The molecule has 1 atom stereocenters. The average molecular weight is 597 g/mol. The second kappa shape index (κ2) is 10.7. The van der Waals surface area contributed by atoms with Crippen molar-refractivity contribution in [3.63, 3.8) is 0 Å². The van der Waals surface area contributed by atoms with Crippen LogP contribution in [-0.2, 0) is 22.6 Å². The van der Waals surface area contributed by atoms with Crippen LogP contribution >= 0.6 is 34.5 Å². The van der Waals surface area contributed by atoms with E-state index in [1.807, 2.05) is 6.07 Å². The maximum absolute atomic E-state index is 14.8. The van der Waals surface area contributed by atoms with Crippen molar-refractivity contribution in [1.82, 2.24) is 14.8 Å². The van der Waals surface area contributed by atoms with Crippen LogP contribution < -0.4 is 5.32 Å². The lowest BCUT2D eigenvalue weighted by Gasteiger charge is -2.41. The minimum atomic E-state index is -0.940. The number of nitrogens with one attached hydrogen (secondary N) is 1. The number of hydrogen-bond donors (Lipinski definition) is 2. The molecule has 2 aliphatic heterocycles. The van der Waals surface area contributed by atoms with Crippen LogP contribution in [0.5, 0.6) is 0 Å². The lowest BCUT2D eigenvalue weighted by molar-refractivity contribution is -0.00298. The minimum absolute atomic E-state index is 0.0807. The molecular weight excluding hydrogens is 570 g/mol. The first-order valence-corrected chi connectivity index (χ1v) is 13.9. The summed E-state index contributed by atoms with van der Waals surface area (Å²) in [5.74, 6) is -0.489. The molecule has 2 N–H and O–H groups in total. The van der Waals surface area contributed by atoms with E-state index < -0.39 is 23.6 Å². The summed E-state index contributed by atoms with van der Waals surface area (Å²) < 4.78 is 26.3. The van der Waals surface area contributed by atoms with Crippen LogP contribution in [0.3, 0.4) is 0 Å². The number of aromatic nitrogens is 1. The Hall–Kier alpha value is -2.70. The summed E-state index contributed by atoms with van der Waals surface area (Å²) in [6.07, 6.45) is -1.63. The maximum atomic E-state index is 14.8. The number of ether oxygens (including phenoxy) is 2. The van der Waals surface area contributed by atoms with E-state index in [4.69, 9.17) is 32.7 Å². The molecule has 0 aliphatic carbocycles. The summed E-state index contributed by atoms with van der Waals surface area (Å²) in [7, 11) is 0. The molecule has 3 heterocycles. The third-order valence-corrected chi connectivity index (χ3v) is 8.28. The molecule has 0 bridgehead atoms. The highest BCUT2D eigenvalue weighted by Crippen LogP contribution is 2.44. The van der Waals surface area contributed by atoms with Crippen molar-refractivity contribution < 1.29 is 28.6 Å². The number of carboxylic acid groups (broad SMARTS) is 1. The monoisotopic (exact) mass is 596 g/mol. The van der Waals surface area contributed by atoms with E-state index in [1.54, 1.807) is 26.8 Å². The number of hydrogen-bond acceptors (Lipinski definition) is 7. The second-order valence-electron chi connectivity index (χ2n) is 10.5. The highest BCUT2D eigenvalue weighted by Gasteiger charge is 2.32. The maximum Gasteiger partial charge on any atom is 0.413 e. The Kier molecular flexibility index (Phi) is 7.64. The molecule has 1 fully saturated rings. The van der Waals surface area contributed by atoms with Gasteiger partial charge in [0.25, 0.3) is 0 Å². The van der Waals surface area contributed by atoms with Gasteiger partial charge in [0.1, 0.15) is 11.4 Å². The van der Waals surface area contributed by atoms with E-state index in [9.17, 15) is 19.1 Å². The first-order valence-electron chi connectivity index (χ1n) is 12.3. The van der Waals surface area contributed by atoms with Crippen molar-refractivity contribution in [3.05, 3.63) is 45.2 Å². The van der Waals surface area contributed by atoms with Gasteiger partial charge in [-0.15, -0.1) is 0 Å². The average Bonchev–Trinajstić information content (AvgIpc) is 3.24. The molecule has 39 heavy (non-hydrogen) atoms. The SMILES string of the molecule is CC(C)(C)OC(=O)Nc1nc2c(-c3c(Cl)cc4c(c3Cl)COC[C@H]3CN(C(=O)O)CCN3C4)ccc(F)c2s1. The van der Waals surface area contributed by atoms with Gasteiger partial charge in [-0.3, -0.25) is 10.2 Å². The summed E-state index contributed by atoms with van der Waals surface area (Å²) in [4.78, 5) is 31.8. The number of fused-ring (bicyclic) bond motifs is 3. The minimum Gasteiger partial charge on any atom is -0.465 e. The predicted molar refractivity (Wildman–Crippen MR) is 148 cm³/mol. The van der Waals surface area contributed by atoms with E-state index in [-0.39, 0.29) is 22.5 Å². The highest BCUT2D eigenvalue weighted by molar-refractivity contribution is 7.22. The largest absolute Gasteiger partial charge is 0.465 e. The van der Waals surface area contributed by atoms with Crippen LogP contribution in [-0.4, -0.2) is 70.0 Å². The van der Waals surface area contributed by atoms with E-state index in [1.165, 1.54) is 11.0 Å². The molecule has 2 aromatic carbocycles. The van der Waals surface area contributed by atoms with Gasteiger partial charge >= 0.3 is 12.2 Å². The molecular formula is C26H27Cl2FN4O5S. The third kappa shape index (κ3) is 5.78. The highest BCUT2D eigenvalue weighted by atomic mass is 35.5. The molecule has 208 valence electrons. The normalized spacial score (nSPS) is 18.2. The third-order valence-electron chi connectivity index (χ3n) is 6.59. The molecule has 0 unspecified atom stereocenters. The molecule has 5 rings (SSSR count). The number of rotatable bonds is 2. The van der Waals surface area contributed by atoms with Crippen LogP contribution in [0.1, 0.15) is 31.9 Å². The van der Waals surface area contributed by atoms with E-state index >= 15 is 0 Å². The Labute approximate surface area is 238 Å². The lowest BCUT2D eigenvalue weighted by atomic mass is 9.96.